The standard InChI is InChI=1S/C14H12FN5O2/c15-11-2-1-9(6-16)5-10(11)14(21)20-3-4-22-12(7-20)13-17-8-18-19-13/h1-2,5,8,12H,3-4,7H2,(H,17,18,19). The third-order valence-electron chi connectivity index (χ3n) is 3.42. The first-order valence-electron chi connectivity index (χ1n) is 6.65. The molecule has 0 radical (unpaired) electrons. The fourth-order valence-electron chi connectivity index (χ4n) is 2.30. The number of nitrogens with zero attached hydrogens (tertiary/aromatic N) is 4. The van der Waals surface area contributed by atoms with Crippen LogP contribution in [-0.4, -0.2) is 45.7 Å². The number of nitriles is 1. The summed E-state index contributed by atoms with van der Waals surface area (Å²) in [6, 6.07) is 5.62. The Hall–Kier alpha value is -2.79. The van der Waals surface area contributed by atoms with Crippen LogP contribution in [0.5, 0.6) is 0 Å². The molecule has 22 heavy (non-hydrogen) atoms. The molecule has 8 heteroatoms. The average Bonchev–Trinajstić information content (AvgIpc) is 3.09. The number of halogens is 1. The predicted molar refractivity (Wildman–Crippen MR) is 72.1 cm³/mol. The monoisotopic (exact) mass is 301 g/mol. The quantitative estimate of drug-likeness (QED) is 0.894. The van der Waals surface area contributed by atoms with Gasteiger partial charge in [0.15, 0.2) is 5.82 Å². The van der Waals surface area contributed by atoms with Gasteiger partial charge in [-0.15, -0.1) is 0 Å². The molecule has 2 aromatic rings. The van der Waals surface area contributed by atoms with Crippen LogP contribution in [0.1, 0.15) is 27.8 Å². The molecule has 112 valence electrons. The summed E-state index contributed by atoms with van der Waals surface area (Å²) in [6.45, 7) is 0.903. The molecule has 1 aliphatic rings. The van der Waals surface area contributed by atoms with Crippen LogP contribution in [0.25, 0.3) is 0 Å². The van der Waals surface area contributed by atoms with Crippen LogP contribution in [0.3, 0.4) is 0 Å². The van der Waals surface area contributed by atoms with Crippen molar-refractivity contribution in [2.75, 3.05) is 19.7 Å². The number of rotatable bonds is 2. The first-order chi connectivity index (χ1) is 10.7. The van der Waals surface area contributed by atoms with Gasteiger partial charge in [-0.2, -0.15) is 10.4 Å². The first-order valence-corrected chi connectivity index (χ1v) is 6.65. The number of hydrogen-bond acceptors (Lipinski definition) is 5. The molecule has 1 unspecified atom stereocenters. The lowest BCUT2D eigenvalue weighted by Crippen LogP contribution is -2.42. The van der Waals surface area contributed by atoms with Gasteiger partial charge >= 0.3 is 0 Å². The number of benzene rings is 1. The SMILES string of the molecule is N#Cc1ccc(F)c(C(=O)N2CCOC(c3ncn[nH]3)C2)c1. The molecule has 7 nitrogen and oxygen atoms in total. The number of H-pyrrole nitrogens is 1. The van der Waals surface area contributed by atoms with Gasteiger partial charge in [0, 0.05) is 6.54 Å². The molecule has 1 fully saturated rings. The molecule has 1 aromatic carbocycles. The zero-order valence-corrected chi connectivity index (χ0v) is 11.5. The minimum atomic E-state index is -0.647. The zero-order valence-electron chi connectivity index (χ0n) is 11.5. The highest BCUT2D eigenvalue weighted by Crippen LogP contribution is 2.21. The van der Waals surface area contributed by atoms with E-state index >= 15 is 0 Å². The smallest absolute Gasteiger partial charge is 0.257 e. The van der Waals surface area contributed by atoms with Gasteiger partial charge in [0.05, 0.1) is 30.3 Å². The molecule has 1 amide bonds. The lowest BCUT2D eigenvalue weighted by atomic mass is 10.1. The molecule has 1 saturated heterocycles. The lowest BCUT2D eigenvalue weighted by Gasteiger charge is -2.32. The van der Waals surface area contributed by atoms with E-state index in [0.29, 0.717) is 19.0 Å². The van der Waals surface area contributed by atoms with E-state index in [2.05, 4.69) is 15.2 Å². The van der Waals surface area contributed by atoms with E-state index < -0.39 is 17.8 Å². The molecule has 0 bridgehead atoms. The Kier molecular flexibility index (Phi) is 3.80. The molecule has 1 atom stereocenters. The van der Waals surface area contributed by atoms with Crippen LogP contribution in [0.4, 0.5) is 4.39 Å². The van der Waals surface area contributed by atoms with Crippen molar-refractivity contribution in [1.29, 1.82) is 5.26 Å². The van der Waals surface area contributed by atoms with Crippen molar-refractivity contribution in [3.05, 3.63) is 47.3 Å². The van der Waals surface area contributed by atoms with E-state index in [1.54, 1.807) is 0 Å². The highest BCUT2D eigenvalue weighted by Gasteiger charge is 2.29. The van der Waals surface area contributed by atoms with Crippen LogP contribution in [0.15, 0.2) is 24.5 Å². The highest BCUT2D eigenvalue weighted by molar-refractivity contribution is 5.95. The van der Waals surface area contributed by atoms with E-state index in [-0.39, 0.29) is 17.7 Å². The molecule has 1 N–H and O–H groups in total. The average molecular weight is 301 g/mol. The normalized spacial score (nSPS) is 18.0. The van der Waals surface area contributed by atoms with Crippen molar-refractivity contribution >= 4 is 5.91 Å². The summed E-state index contributed by atoms with van der Waals surface area (Å²) in [5.41, 5.74) is 0.127. The number of ether oxygens (including phenoxy) is 1. The molecule has 3 rings (SSSR count). The van der Waals surface area contributed by atoms with Gasteiger partial charge in [0.1, 0.15) is 18.2 Å². The zero-order chi connectivity index (χ0) is 15.5. The number of aromatic nitrogens is 3. The fourth-order valence-corrected chi connectivity index (χ4v) is 2.30. The van der Waals surface area contributed by atoms with Crippen molar-refractivity contribution in [1.82, 2.24) is 20.1 Å². The van der Waals surface area contributed by atoms with Gasteiger partial charge in [0.2, 0.25) is 0 Å². The number of morpholine rings is 1. The maximum atomic E-state index is 13.9. The van der Waals surface area contributed by atoms with E-state index in [9.17, 15) is 9.18 Å². The number of nitrogens with one attached hydrogen (secondary N) is 1. The fraction of sp³-hybridized carbons (Fsp3) is 0.286. The van der Waals surface area contributed by atoms with E-state index in [4.69, 9.17) is 10.00 Å². The van der Waals surface area contributed by atoms with Gasteiger partial charge in [-0.25, -0.2) is 9.37 Å². The van der Waals surface area contributed by atoms with Crippen LogP contribution < -0.4 is 0 Å². The second-order valence-corrected chi connectivity index (χ2v) is 4.79. The maximum Gasteiger partial charge on any atom is 0.257 e. The van der Waals surface area contributed by atoms with E-state index in [1.165, 1.54) is 23.4 Å². The van der Waals surface area contributed by atoms with Crippen LogP contribution in [-0.2, 0) is 4.74 Å². The summed E-state index contributed by atoms with van der Waals surface area (Å²) in [6.07, 6.45) is 0.928. The summed E-state index contributed by atoms with van der Waals surface area (Å²) >= 11 is 0. The number of carbonyl (C=O) groups is 1. The largest absolute Gasteiger partial charge is 0.367 e. The molecular formula is C14H12FN5O2. The second kappa shape index (κ2) is 5.91. The van der Waals surface area contributed by atoms with Gasteiger partial charge in [-0.05, 0) is 18.2 Å². The van der Waals surface area contributed by atoms with Gasteiger partial charge < -0.3 is 9.64 Å². The number of amides is 1. The summed E-state index contributed by atoms with van der Waals surface area (Å²) in [5.74, 6) is -0.599. The van der Waals surface area contributed by atoms with Gasteiger partial charge in [0.25, 0.3) is 5.91 Å². The Labute approximate surface area is 125 Å². The van der Waals surface area contributed by atoms with Crippen LogP contribution >= 0.6 is 0 Å². The Bertz CT molecular complexity index is 725. The lowest BCUT2D eigenvalue weighted by molar-refractivity contribution is -0.0267. The molecule has 2 heterocycles. The molecule has 1 aliphatic heterocycles. The molecule has 1 aromatic heterocycles. The predicted octanol–water partition coefficient (Wildman–Crippen LogP) is 1.03. The van der Waals surface area contributed by atoms with Crippen LogP contribution in [0, 0.1) is 17.1 Å². The molecule has 0 spiro atoms. The van der Waals surface area contributed by atoms with E-state index in [1.807, 2.05) is 6.07 Å². The summed E-state index contributed by atoms with van der Waals surface area (Å²) in [7, 11) is 0. The Balaban J connectivity index is 1.81. The van der Waals surface area contributed by atoms with Crippen molar-refractivity contribution < 1.29 is 13.9 Å². The Morgan fingerprint density at radius 3 is 3.14 bits per heavy atom. The van der Waals surface area contributed by atoms with Crippen molar-refractivity contribution in [2.45, 2.75) is 6.10 Å². The molecular weight excluding hydrogens is 289 g/mol. The second-order valence-electron chi connectivity index (χ2n) is 4.79. The summed E-state index contributed by atoms with van der Waals surface area (Å²) in [5, 5.41) is 15.3. The first kappa shape index (κ1) is 14.2. The van der Waals surface area contributed by atoms with Gasteiger partial charge in [-0.1, -0.05) is 0 Å². The molecule has 0 aliphatic carbocycles. The minimum Gasteiger partial charge on any atom is -0.367 e. The Morgan fingerprint density at radius 1 is 1.55 bits per heavy atom. The Morgan fingerprint density at radius 2 is 2.41 bits per heavy atom. The highest BCUT2D eigenvalue weighted by atomic mass is 19.1. The number of hydrogen-bond donors (Lipinski definition) is 1. The number of carbonyl (C=O) groups excluding carboxylic acids is 1. The molecule has 0 saturated carbocycles. The van der Waals surface area contributed by atoms with Gasteiger partial charge in [-0.3, -0.25) is 9.89 Å². The minimum absolute atomic E-state index is 0.114. The number of aromatic amines is 1. The topological polar surface area (TPSA) is 94.9 Å². The maximum absolute atomic E-state index is 13.9. The van der Waals surface area contributed by atoms with Crippen molar-refractivity contribution in [2.24, 2.45) is 0 Å². The van der Waals surface area contributed by atoms with Crippen LogP contribution in [0.2, 0.25) is 0 Å². The summed E-state index contributed by atoms with van der Waals surface area (Å²) < 4.78 is 19.4. The van der Waals surface area contributed by atoms with E-state index in [0.717, 1.165) is 6.07 Å². The van der Waals surface area contributed by atoms with Crippen molar-refractivity contribution in [3.63, 3.8) is 0 Å². The third-order valence-corrected chi connectivity index (χ3v) is 3.42. The van der Waals surface area contributed by atoms with Crippen molar-refractivity contribution in [3.8, 4) is 6.07 Å². The summed E-state index contributed by atoms with van der Waals surface area (Å²) in [4.78, 5) is 18.0. The third kappa shape index (κ3) is 2.66.